The highest BCUT2D eigenvalue weighted by Gasteiger charge is 2.55. The molecule has 32 heavy (non-hydrogen) atoms. The van der Waals surface area contributed by atoms with E-state index in [0.717, 1.165) is 11.3 Å². The van der Waals surface area contributed by atoms with Gasteiger partial charge >= 0.3 is 6.03 Å². The van der Waals surface area contributed by atoms with Gasteiger partial charge in [0.1, 0.15) is 5.82 Å². The molecule has 2 N–H and O–H groups in total. The molecule has 0 bridgehead atoms. The number of carbonyl (C=O) groups is 2. The van der Waals surface area contributed by atoms with Crippen molar-refractivity contribution in [1.82, 2.24) is 9.88 Å². The van der Waals surface area contributed by atoms with Crippen molar-refractivity contribution >= 4 is 23.3 Å². The minimum absolute atomic E-state index is 0.104. The lowest BCUT2D eigenvalue weighted by Gasteiger charge is -2.58. The topological polar surface area (TPSA) is 85.8 Å². The molecule has 2 aliphatic rings. The molecule has 1 aromatic heterocycles. The van der Waals surface area contributed by atoms with E-state index in [1.165, 1.54) is 24.4 Å². The zero-order chi connectivity index (χ0) is 22.2. The Labute approximate surface area is 184 Å². The number of nitrogens with one attached hydrogen (secondary N) is 1. The first kappa shape index (κ1) is 20.1. The number of likely N-dealkylation sites (tertiary alicyclic amines) is 1. The fraction of sp³-hybridized carbons (Fsp3) is 0.208. The van der Waals surface area contributed by atoms with Gasteiger partial charge in [-0.15, -0.1) is 0 Å². The van der Waals surface area contributed by atoms with Crippen LogP contribution in [0.1, 0.15) is 21.8 Å². The Morgan fingerprint density at radius 1 is 1.12 bits per heavy atom. The fourth-order valence-electron chi connectivity index (χ4n) is 4.76. The molecule has 5 rings (SSSR count). The van der Waals surface area contributed by atoms with Gasteiger partial charge in [0.25, 0.3) is 5.91 Å². The zero-order valence-corrected chi connectivity index (χ0v) is 17.1. The highest BCUT2D eigenvalue weighted by molar-refractivity contribution is 6.07. The normalized spacial score (nSPS) is 21.2. The number of benzene rings is 2. The number of aliphatic hydroxyl groups excluding tert-OH is 1. The van der Waals surface area contributed by atoms with Crippen molar-refractivity contribution in [3.63, 3.8) is 0 Å². The molecule has 3 heterocycles. The standard InChI is InChI=1S/C24H21FN4O3/c25-16-6-3-7-17(11-16)27-24(32)29-20-13-28(23(31)15-5-4-10-26-12-15)19-9-2-1-8-18(19)22(20)21(29)14-30/h1-12,20-22,30H,13-14H2,(H,27,32)/t20-,21+,22+/m1/s1. The van der Waals surface area contributed by atoms with Crippen LogP contribution in [0.4, 0.5) is 20.6 Å². The zero-order valence-electron chi connectivity index (χ0n) is 17.1. The lowest BCUT2D eigenvalue weighted by molar-refractivity contribution is -0.00266. The van der Waals surface area contributed by atoms with Crippen LogP contribution in [-0.4, -0.2) is 52.2 Å². The summed E-state index contributed by atoms with van der Waals surface area (Å²) in [7, 11) is 0. The Kier molecular flexibility index (Phi) is 5.07. The van der Waals surface area contributed by atoms with Gasteiger partial charge in [-0.3, -0.25) is 9.78 Å². The van der Waals surface area contributed by atoms with Gasteiger partial charge in [-0.2, -0.15) is 0 Å². The van der Waals surface area contributed by atoms with E-state index >= 15 is 0 Å². The van der Waals surface area contributed by atoms with Crippen LogP contribution in [0.2, 0.25) is 0 Å². The van der Waals surface area contributed by atoms with Crippen molar-refractivity contribution in [2.45, 2.75) is 18.0 Å². The van der Waals surface area contributed by atoms with Gasteiger partial charge in [0.15, 0.2) is 0 Å². The number of hydrogen-bond acceptors (Lipinski definition) is 4. The molecule has 7 nitrogen and oxygen atoms in total. The Bertz CT molecular complexity index is 1170. The van der Waals surface area contributed by atoms with Crippen LogP contribution in [-0.2, 0) is 0 Å². The number of hydrogen-bond donors (Lipinski definition) is 2. The molecule has 1 fully saturated rings. The summed E-state index contributed by atoms with van der Waals surface area (Å²) in [5.41, 5.74) is 2.46. The van der Waals surface area contributed by atoms with Gasteiger partial charge in [-0.25, -0.2) is 9.18 Å². The average molecular weight is 432 g/mol. The lowest BCUT2D eigenvalue weighted by atomic mass is 9.72. The Balaban J connectivity index is 1.47. The van der Waals surface area contributed by atoms with Crippen LogP contribution in [0.25, 0.3) is 0 Å². The number of halogens is 1. The van der Waals surface area contributed by atoms with E-state index in [2.05, 4.69) is 10.3 Å². The third-order valence-electron chi connectivity index (χ3n) is 6.15. The molecule has 3 aromatic rings. The molecule has 0 unspecified atom stereocenters. The molecule has 0 radical (unpaired) electrons. The van der Waals surface area contributed by atoms with Crippen LogP contribution in [0.3, 0.4) is 0 Å². The van der Waals surface area contributed by atoms with Crippen LogP contribution < -0.4 is 10.2 Å². The van der Waals surface area contributed by atoms with Gasteiger partial charge in [-0.05, 0) is 42.0 Å². The van der Waals surface area contributed by atoms with Crippen molar-refractivity contribution < 1.29 is 19.1 Å². The van der Waals surface area contributed by atoms with Crippen molar-refractivity contribution in [2.75, 3.05) is 23.4 Å². The van der Waals surface area contributed by atoms with Gasteiger partial charge in [0.05, 0.1) is 24.3 Å². The molecule has 0 aliphatic carbocycles. The molecule has 0 spiro atoms. The molecule has 2 aromatic carbocycles. The van der Waals surface area contributed by atoms with E-state index in [1.807, 2.05) is 24.3 Å². The maximum atomic E-state index is 13.5. The smallest absolute Gasteiger partial charge is 0.322 e. The number of urea groups is 1. The average Bonchev–Trinajstić information content (AvgIpc) is 2.79. The van der Waals surface area contributed by atoms with Gasteiger partial charge in [0, 0.05) is 36.2 Å². The summed E-state index contributed by atoms with van der Waals surface area (Å²) < 4.78 is 13.5. The van der Waals surface area contributed by atoms with Crippen molar-refractivity contribution in [1.29, 1.82) is 0 Å². The first-order valence-corrected chi connectivity index (χ1v) is 10.3. The van der Waals surface area contributed by atoms with Crippen LogP contribution in [0.15, 0.2) is 73.1 Å². The highest BCUT2D eigenvalue weighted by atomic mass is 19.1. The number of anilines is 2. The third kappa shape index (κ3) is 3.29. The third-order valence-corrected chi connectivity index (χ3v) is 6.15. The van der Waals surface area contributed by atoms with Crippen molar-refractivity contribution in [3.05, 3.63) is 90.0 Å². The number of amides is 3. The summed E-state index contributed by atoms with van der Waals surface area (Å²) in [5.74, 6) is -0.767. The SMILES string of the molecule is O=C(c1cccnc1)N1C[C@@H]2[C@H](c3ccccc31)[C@H](CO)N2C(=O)Nc1cccc(F)c1. The van der Waals surface area contributed by atoms with E-state index in [0.29, 0.717) is 11.3 Å². The minimum atomic E-state index is -0.456. The summed E-state index contributed by atoms with van der Waals surface area (Å²) in [6.07, 6.45) is 3.12. The molecular weight excluding hydrogens is 411 g/mol. The van der Waals surface area contributed by atoms with Gasteiger partial charge in [-0.1, -0.05) is 24.3 Å². The van der Waals surface area contributed by atoms with E-state index in [-0.39, 0.29) is 31.0 Å². The highest BCUT2D eigenvalue weighted by Crippen LogP contribution is 2.48. The largest absolute Gasteiger partial charge is 0.394 e. The quantitative estimate of drug-likeness (QED) is 0.665. The Hall–Kier alpha value is -3.78. The maximum Gasteiger partial charge on any atom is 0.322 e. The molecule has 3 amide bonds. The van der Waals surface area contributed by atoms with E-state index < -0.39 is 17.9 Å². The summed E-state index contributed by atoms with van der Waals surface area (Å²) in [6, 6.07) is 15.4. The first-order valence-electron chi connectivity index (χ1n) is 10.3. The fourth-order valence-corrected chi connectivity index (χ4v) is 4.76. The number of aromatic nitrogens is 1. The van der Waals surface area contributed by atoms with E-state index in [9.17, 15) is 19.1 Å². The monoisotopic (exact) mass is 432 g/mol. The van der Waals surface area contributed by atoms with Crippen molar-refractivity contribution in [3.8, 4) is 0 Å². The predicted molar refractivity (Wildman–Crippen MR) is 117 cm³/mol. The number of para-hydroxylation sites is 1. The maximum absolute atomic E-state index is 13.5. The van der Waals surface area contributed by atoms with E-state index in [4.69, 9.17) is 0 Å². The molecule has 8 heteroatoms. The van der Waals surface area contributed by atoms with E-state index in [1.54, 1.807) is 34.2 Å². The molecule has 2 aliphatic heterocycles. The lowest BCUT2D eigenvalue weighted by Crippen LogP contribution is -2.71. The molecule has 162 valence electrons. The molecule has 1 saturated heterocycles. The Morgan fingerprint density at radius 3 is 2.72 bits per heavy atom. The number of pyridine rings is 1. The second kappa shape index (κ2) is 8.05. The summed E-state index contributed by atoms with van der Waals surface area (Å²) >= 11 is 0. The Morgan fingerprint density at radius 2 is 1.97 bits per heavy atom. The van der Waals surface area contributed by atoms with Crippen LogP contribution in [0.5, 0.6) is 0 Å². The minimum Gasteiger partial charge on any atom is -0.394 e. The summed E-state index contributed by atoms with van der Waals surface area (Å²) in [6.45, 7) is 0.0606. The number of aliphatic hydroxyl groups is 1. The van der Waals surface area contributed by atoms with Crippen LogP contribution >= 0.6 is 0 Å². The second-order valence-corrected chi connectivity index (χ2v) is 7.91. The molecular formula is C24H21FN4O3. The predicted octanol–water partition coefficient (Wildman–Crippen LogP) is 3.24. The first-order chi connectivity index (χ1) is 15.6. The van der Waals surface area contributed by atoms with Crippen LogP contribution in [0, 0.1) is 5.82 Å². The van der Waals surface area contributed by atoms with Crippen molar-refractivity contribution in [2.24, 2.45) is 0 Å². The second-order valence-electron chi connectivity index (χ2n) is 7.91. The van der Waals surface area contributed by atoms with Gasteiger partial charge in [0.2, 0.25) is 0 Å². The molecule has 3 atom stereocenters. The number of rotatable bonds is 3. The summed E-state index contributed by atoms with van der Waals surface area (Å²) in [5, 5.41) is 12.8. The number of nitrogens with zero attached hydrogens (tertiary/aromatic N) is 3. The molecule has 0 saturated carbocycles. The van der Waals surface area contributed by atoms with Gasteiger partial charge < -0.3 is 20.2 Å². The number of fused-ring (bicyclic) bond motifs is 3. The summed E-state index contributed by atoms with van der Waals surface area (Å²) in [4.78, 5) is 33.6. The number of carbonyl (C=O) groups excluding carboxylic acids is 2.